The molecule has 1 aromatic heterocycles. The molecule has 0 spiro atoms. The lowest BCUT2D eigenvalue weighted by atomic mass is 10.2. The van der Waals surface area contributed by atoms with Crippen LogP contribution in [0.2, 0.25) is 0 Å². The maximum absolute atomic E-state index is 12.6. The number of amides is 1. The zero-order chi connectivity index (χ0) is 23.0. The second-order valence-electron chi connectivity index (χ2n) is 7.19. The predicted molar refractivity (Wildman–Crippen MR) is 129 cm³/mol. The average Bonchev–Trinajstić information content (AvgIpc) is 3.25. The summed E-state index contributed by atoms with van der Waals surface area (Å²) in [5, 5.41) is 12.2. The number of carbonyl (C=O) groups excluding carboxylic acids is 1. The molecular weight excluding hydrogens is 436 g/mol. The molecule has 33 heavy (non-hydrogen) atoms. The van der Waals surface area contributed by atoms with Gasteiger partial charge in [-0.05, 0) is 42.8 Å². The summed E-state index contributed by atoms with van der Waals surface area (Å²) in [5.41, 5.74) is 2.70. The number of para-hydroxylation sites is 2. The molecule has 0 saturated heterocycles. The lowest BCUT2D eigenvalue weighted by Crippen LogP contribution is -2.15. The predicted octanol–water partition coefficient (Wildman–Crippen LogP) is 4.89. The van der Waals surface area contributed by atoms with E-state index in [1.807, 2.05) is 84.3 Å². The van der Waals surface area contributed by atoms with Crippen molar-refractivity contribution in [3.8, 4) is 17.2 Å². The summed E-state index contributed by atoms with van der Waals surface area (Å²) >= 11 is 1.32. The van der Waals surface area contributed by atoms with Crippen LogP contribution in [0, 0.1) is 6.92 Å². The number of thioether (sulfide) groups is 1. The molecule has 8 heteroatoms. The quantitative estimate of drug-likeness (QED) is 0.358. The van der Waals surface area contributed by atoms with Crippen LogP contribution in [0.15, 0.2) is 84.0 Å². The monoisotopic (exact) mass is 460 g/mol. The summed E-state index contributed by atoms with van der Waals surface area (Å²) in [6.07, 6.45) is 0. The molecule has 1 amide bonds. The third-order valence-electron chi connectivity index (χ3n) is 4.85. The molecule has 0 bridgehead atoms. The summed E-state index contributed by atoms with van der Waals surface area (Å²) in [6.45, 7) is 2.28. The average molecular weight is 461 g/mol. The van der Waals surface area contributed by atoms with Gasteiger partial charge in [-0.25, -0.2) is 0 Å². The number of aryl methyl sites for hydroxylation is 1. The van der Waals surface area contributed by atoms with Gasteiger partial charge in [0.25, 0.3) is 0 Å². The van der Waals surface area contributed by atoms with Crippen LogP contribution in [0.5, 0.6) is 11.5 Å². The lowest BCUT2D eigenvalue weighted by Gasteiger charge is -2.13. The Balaban J connectivity index is 1.51. The summed E-state index contributed by atoms with van der Waals surface area (Å²) in [6, 6.07) is 24.8. The lowest BCUT2D eigenvalue weighted by molar-refractivity contribution is -0.113. The third kappa shape index (κ3) is 5.72. The smallest absolute Gasteiger partial charge is 0.234 e. The van der Waals surface area contributed by atoms with E-state index in [2.05, 4.69) is 15.5 Å². The van der Waals surface area contributed by atoms with Crippen LogP contribution in [0.3, 0.4) is 0 Å². The largest absolute Gasteiger partial charge is 0.497 e. The van der Waals surface area contributed by atoms with Crippen LogP contribution in [0.25, 0.3) is 5.69 Å². The Labute approximate surface area is 196 Å². The topological polar surface area (TPSA) is 78.3 Å². The number of benzene rings is 3. The molecule has 0 unspecified atom stereocenters. The van der Waals surface area contributed by atoms with Gasteiger partial charge in [-0.3, -0.25) is 9.36 Å². The van der Waals surface area contributed by atoms with Crippen molar-refractivity contribution >= 4 is 23.4 Å². The van der Waals surface area contributed by atoms with Gasteiger partial charge >= 0.3 is 0 Å². The molecule has 168 valence electrons. The van der Waals surface area contributed by atoms with Crippen LogP contribution in [0.4, 0.5) is 5.69 Å². The number of aromatic nitrogens is 3. The highest BCUT2D eigenvalue weighted by molar-refractivity contribution is 7.99. The molecule has 3 aromatic carbocycles. The van der Waals surface area contributed by atoms with Crippen molar-refractivity contribution in [2.24, 2.45) is 0 Å². The first-order chi connectivity index (χ1) is 16.1. The van der Waals surface area contributed by atoms with Crippen molar-refractivity contribution in [1.82, 2.24) is 14.8 Å². The fourth-order valence-electron chi connectivity index (χ4n) is 3.24. The molecular formula is C25H24N4O3S. The van der Waals surface area contributed by atoms with Crippen molar-refractivity contribution in [2.45, 2.75) is 18.7 Å². The molecule has 0 fully saturated rings. The summed E-state index contributed by atoms with van der Waals surface area (Å²) in [7, 11) is 1.59. The Morgan fingerprint density at radius 1 is 0.970 bits per heavy atom. The first-order valence-electron chi connectivity index (χ1n) is 10.4. The summed E-state index contributed by atoms with van der Waals surface area (Å²) in [4.78, 5) is 12.6. The SMILES string of the molecule is COc1cccc(NC(=O)CSc2nnc(COc3ccccc3)n2-c2ccccc2C)c1. The standard InChI is InChI=1S/C25H24N4O3S/c1-18-9-6-7-14-22(18)29-23(16-32-20-11-4-3-5-12-20)27-28-25(29)33-17-24(30)26-19-10-8-13-21(15-19)31-2/h3-15H,16-17H2,1-2H3,(H,26,30). The maximum Gasteiger partial charge on any atom is 0.234 e. The summed E-state index contributed by atoms with van der Waals surface area (Å²) in [5.74, 6) is 2.13. The van der Waals surface area contributed by atoms with Gasteiger partial charge < -0.3 is 14.8 Å². The van der Waals surface area contributed by atoms with Gasteiger partial charge in [-0.2, -0.15) is 0 Å². The van der Waals surface area contributed by atoms with Crippen molar-refractivity contribution in [2.75, 3.05) is 18.2 Å². The molecule has 0 aliphatic heterocycles. The highest BCUT2D eigenvalue weighted by atomic mass is 32.2. The number of rotatable bonds is 9. The molecule has 1 N–H and O–H groups in total. The first-order valence-corrected chi connectivity index (χ1v) is 11.4. The van der Waals surface area contributed by atoms with E-state index in [1.165, 1.54) is 11.8 Å². The van der Waals surface area contributed by atoms with Gasteiger partial charge in [0.15, 0.2) is 11.0 Å². The molecule has 0 saturated carbocycles. The molecule has 4 aromatic rings. The molecule has 0 atom stereocenters. The van der Waals surface area contributed by atoms with E-state index in [0.29, 0.717) is 22.4 Å². The Hall–Kier alpha value is -3.78. The third-order valence-corrected chi connectivity index (χ3v) is 5.78. The first kappa shape index (κ1) is 22.4. The van der Waals surface area contributed by atoms with Gasteiger partial charge in [-0.1, -0.05) is 54.2 Å². The molecule has 7 nitrogen and oxygen atoms in total. The number of ether oxygens (including phenoxy) is 2. The summed E-state index contributed by atoms with van der Waals surface area (Å²) < 4.78 is 13.1. The fourth-order valence-corrected chi connectivity index (χ4v) is 4.00. The van der Waals surface area contributed by atoms with Crippen molar-refractivity contribution < 1.29 is 14.3 Å². The fraction of sp³-hybridized carbons (Fsp3) is 0.160. The second kappa shape index (κ2) is 10.7. The highest BCUT2D eigenvalue weighted by Gasteiger charge is 2.18. The number of anilines is 1. The van der Waals surface area contributed by atoms with E-state index in [9.17, 15) is 4.79 Å². The number of nitrogens with one attached hydrogen (secondary N) is 1. The number of methoxy groups -OCH3 is 1. The van der Waals surface area contributed by atoms with Crippen LogP contribution >= 0.6 is 11.8 Å². The van der Waals surface area contributed by atoms with Gasteiger partial charge in [0.2, 0.25) is 5.91 Å². The van der Waals surface area contributed by atoms with E-state index < -0.39 is 0 Å². The number of hydrogen-bond donors (Lipinski definition) is 1. The molecule has 0 aliphatic rings. The van der Waals surface area contributed by atoms with E-state index in [1.54, 1.807) is 13.2 Å². The van der Waals surface area contributed by atoms with Crippen molar-refractivity contribution in [3.05, 3.63) is 90.3 Å². The Bertz CT molecular complexity index is 1230. The van der Waals surface area contributed by atoms with Crippen LogP contribution in [0.1, 0.15) is 11.4 Å². The molecule has 0 aliphatic carbocycles. The van der Waals surface area contributed by atoms with E-state index >= 15 is 0 Å². The van der Waals surface area contributed by atoms with Gasteiger partial charge in [0, 0.05) is 11.8 Å². The van der Waals surface area contributed by atoms with E-state index in [0.717, 1.165) is 17.0 Å². The zero-order valence-electron chi connectivity index (χ0n) is 18.4. The number of nitrogens with zero attached hydrogens (tertiary/aromatic N) is 3. The molecule has 0 radical (unpaired) electrons. The number of hydrogen-bond acceptors (Lipinski definition) is 6. The molecule has 1 heterocycles. The van der Waals surface area contributed by atoms with Gasteiger partial charge in [0.05, 0.1) is 18.6 Å². The minimum Gasteiger partial charge on any atom is -0.497 e. The molecule has 4 rings (SSSR count). The Kier molecular flexibility index (Phi) is 7.26. The van der Waals surface area contributed by atoms with Gasteiger partial charge in [0.1, 0.15) is 18.1 Å². The Morgan fingerprint density at radius 3 is 2.52 bits per heavy atom. The van der Waals surface area contributed by atoms with E-state index in [-0.39, 0.29) is 18.3 Å². The highest BCUT2D eigenvalue weighted by Crippen LogP contribution is 2.25. The maximum atomic E-state index is 12.6. The Morgan fingerprint density at radius 2 is 1.73 bits per heavy atom. The zero-order valence-corrected chi connectivity index (χ0v) is 19.2. The number of carbonyl (C=O) groups is 1. The van der Waals surface area contributed by atoms with Crippen molar-refractivity contribution in [1.29, 1.82) is 0 Å². The van der Waals surface area contributed by atoms with Crippen LogP contribution in [-0.4, -0.2) is 33.5 Å². The minimum atomic E-state index is -0.144. The van der Waals surface area contributed by atoms with Crippen LogP contribution < -0.4 is 14.8 Å². The minimum absolute atomic E-state index is 0.144. The van der Waals surface area contributed by atoms with Crippen molar-refractivity contribution in [3.63, 3.8) is 0 Å². The van der Waals surface area contributed by atoms with E-state index in [4.69, 9.17) is 9.47 Å². The second-order valence-corrected chi connectivity index (χ2v) is 8.13. The normalized spacial score (nSPS) is 10.6. The van der Waals surface area contributed by atoms with Gasteiger partial charge in [-0.15, -0.1) is 10.2 Å². The van der Waals surface area contributed by atoms with Crippen LogP contribution in [-0.2, 0) is 11.4 Å².